The first-order valence-electron chi connectivity index (χ1n) is 5.64. The second-order valence-corrected chi connectivity index (χ2v) is 6.87. The zero-order valence-electron chi connectivity index (χ0n) is 10.6. The minimum atomic E-state index is -4.34. The number of nitrogens with one attached hydrogen (secondary N) is 1. The summed E-state index contributed by atoms with van der Waals surface area (Å²) in [5.74, 6) is 0. The molecule has 1 aromatic rings. The third-order valence-electron chi connectivity index (χ3n) is 2.73. The number of hydrogen-bond acceptors (Lipinski definition) is 2. The van der Waals surface area contributed by atoms with Gasteiger partial charge in [-0.25, -0.2) is 0 Å². The Kier molecular flexibility index (Phi) is 5.85. The second-order valence-electron chi connectivity index (χ2n) is 4.22. The fourth-order valence-corrected chi connectivity index (χ4v) is 2.38. The van der Waals surface area contributed by atoms with E-state index >= 15 is 0 Å². The maximum atomic E-state index is 12.5. The first-order valence-corrected chi connectivity index (χ1v) is 8.06. The van der Waals surface area contributed by atoms with Gasteiger partial charge in [-0.05, 0) is 40.5 Å². The molecule has 0 spiro atoms. The van der Waals surface area contributed by atoms with Crippen LogP contribution in [0.2, 0.25) is 0 Å². The fraction of sp³-hybridized carbons (Fsp3) is 0.500. The largest absolute Gasteiger partial charge is 0.416 e. The first kappa shape index (κ1) is 16.5. The standard InChI is InChI=1S/C12H15BrF3NOS/c1-8(19(2)18)5-6-17-11-4-3-9(7-10(11)13)12(14,15)16/h3-4,7-8,17H,5-6H2,1-2H3. The smallest absolute Gasteiger partial charge is 0.384 e. The zero-order valence-corrected chi connectivity index (χ0v) is 13.0. The van der Waals surface area contributed by atoms with Crippen LogP contribution in [0.3, 0.4) is 0 Å². The molecule has 19 heavy (non-hydrogen) atoms. The van der Waals surface area contributed by atoms with Crippen LogP contribution < -0.4 is 5.32 Å². The van der Waals surface area contributed by atoms with Crippen LogP contribution in [0, 0.1) is 0 Å². The number of benzene rings is 1. The van der Waals surface area contributed by atoms with Gasteiger partial charge in [0.2, 0.25) is 0 Å². The molecule has 0 amide bonds. The Hall–Kier alpha value is -0.560. The van der Waals surface area contributed by atoms with Crippen LogP contribution in [0.1, 0.15) is 18.9 Å². The highest BCUT2D eigenvalue weighted by Crippen LogP contribution is 2.33. The quantitative estimate of drug-likeness (QED) is 0.861. The van der Waals surface area contributed by atoms with E-state index in [0.29, 0.717) is 23.1 Å². The van der Waals surface area contributed by atoms with Gasteiger partial charge >= 0.3 is 6.18 Å². The lowest BCUT2D eigenvalue weighted by molar-refractivity contribution is -0.137. The summed E-state index contributed by atoms with van der Waals surface area (Å²) in [5, 5.41) is 3.08. The van der Waals surface area contributed by atoms with E-state index in [1.54, 1.807) is 6.26 Å². The molecular formula is C12H15BrF3NOS. The molecule has 0 saturated carbocycles. The van der Waals surface area contributed by atoms with Gasteiger partial charge < -0.3 is 5.32 Å². The molecule has 0 aliphatic carbocycles. The Bertz CT molecular complexity index is 465. The van der Waals surface area contributed by atoms with Gasteiger partial charge in [0, 0.05) is 39.0 Å². The van der Waals surface area contributed by atoms with Crippen LogP contribution in [0.5, 0.6) is 0 Å². The van der Waals surface area contributed by atoms with E-state index in [1.165, 1.54) is 6.07 Å². The van der Waals surface area contributed by atoms with Gasteiger partial charge in [-0.1, -0.05) is 6.92 Å². The Balaban J connectivity index is 2.63. The third kappa shape index (κ3) is 5.14. The summed E-state index contributed by atoms with van der Waals surface area (Å²) >= 11 is 3.11. The average Bonchev–Trinajstić information content (AvgIpc) is 2.29. The summed E-state index contributed by atoms with van der Waals surface area (Å²) in [4.78, 5) is 0. The van der Waals surface area contributed by atoms with Crippen LogP contribution in [-0.4, -0.2) is 22.3 Å². The summed E-state index contributed by atoms with van der Waals surface area (Å²) in [5.41, 5.74) is -0.0879. The van der Waals surface area contributed by atoms with Crippen LogP contribution in [0.4, 0.5) is 18.9 Å². The van der Waals surface area contributed by atoms with E-state index in [1.807, 2.05) is 6.92 Å². The third-order valence-corrected chi connectivity index (χ3v) is 4.75. The normalized spacial score (nSPS) is 15.1. The minimum absolute atomic E-state index is 0.0562. The Morgan fingerprint density at radius 2 is 2.05 bits per heavy atom. The van der Waals surface area contributed by atoms with E-state index in [0.717, 1.165) is 12.1 Å². The SMILES string of the molecule is CC(CCNc1ccc(C(F)(F)F)cc1Br)S(C)=O. The lowest BCUT2D eigenvalue weighted by Gasteiger charge is -2.13. The molecule has 2 atom stereocenters. The Morgan fingerprint density at radius 1 is 1.42 bits per heavy atom. The molecule has 108 valence electrons. The molecule has 2 nitrogen and oxygen atoms in total. The number of halogens is 4. The molecule has 0 bridgehead atoms. The molecule has 0 fully saturated rings. The van der Waals surface area contributed by atoms with Gasteiger partial charge in [0.1, 0.15) is 0 Å². The average molecular weight is 358 g/mol. The second kappa shape index (κ2) is 6.74. The van der Waals surface area contributed by atoms with Crippen molar-refractivity contribution in [1.29, 1.82) is 0 Å². The zero-order chi connectivity index (χ0) is 14.6. The highest BCUT2D eigenvalue weighted by Gasteiger charge is 2.30. The van der Waals surface area contributed by atoms with Crippen molar-refractivity contribution < 1.29 is 17.4 Å². The van der Waals surface area contributed by atoms with Crippen LogP contribution in [-0.2, 0) is 17.0 Å². The van der Waals surface area contributed by atoms with Crippen molar-refractivity contribution in [2.75, 3.05) is 18.1 Å². The van der Waals surface area contributed by atoms with E-state index in [-0.39, 0.29) is 5.25 Å². The van der Waals surface area contributed by atoms with E-state index in [2.05, 4.69) is 21.2 Å². The van der Waals surface area contributed by atoms with Gasteiger partial charge in [-0.15, -0.1) is 0 Å². The molecule has 0 heterocycles. The molecule has 0 aliphatic heterocycles. The molecule has 1 aromatic carbocycles. The maximum absolute atomic E-state index is 12.5. The molecule has 7 heteroatoms. The van der Waals surface area contributed by atoms with Crippen molar-refractivity contribution in [2.45, 2.75) is 24.8 Å². The lowest BCUT2D eigenvalue weighted by Crippen LogP contribution is -2.15. The molecule has 1 rings (SSSR count). The number of alkyl halides is 3. The minimum Gasteiger partial charge on any atom is -0.384 e. The lowest BCUT2D eigenvalue weighted by atomic mass is 10.2. The van der Waals surface area contributed by atoms with Gasteiger partial charge in [-0.2, -0.15) is 13.2 Å². The summed E-state index contributed by atoms with van der Waals surface area (Å²) in [7, 11) is -0.889. The van der Waals surface area contributed by atoms with Crippen molar-refractivity contribution in [2.24, 2.45) is 0 Å². The summed E-state index contributed by atoms with van der Waals surface area (Å²) < 4.78 is 48.9. The molecule has 0 aliphatic rings. The molecule has 0 saturated heterocycles. The summed E-state index contributed by atoms with van der Waals surface area (Å²) in [6, 6.07) is 3.47. The van der Waals surface area contributed by atoms with Crippen molar-refractivity contribution >= 4 is 32.4 Å². The van der Waals surface area contributed by atoms with Crippen molar-refractivity contribution in [3.05, 3.63) is 28.2 Å². The molecule has 0 aromatic heterocycles. The van der Waals surface area contributed by atoms with E-state index in [9.17, 15) is 17.4 Å². The highest BCUT2D eigenvalue weighted by atomic mass is 79.9. The van der Waals surface area contributed by atoms with Crippen molar-refractivity contribution in [3.8, 4) is 0 Å². The van der Waals surface area contributed by atoms with E-state index < -0.39 is 22.5 Å². The molecular weight excluding hydrogens is 343 g/mol. The summed E-state index contributed by atoms with van der Waals surface area (Å²) in [6.07, 6.45) is -2.01. The Morgan fingerprint density at radius 3 is 2.53 bits per heavy atom. The predicted molar refractivity (Wildman–Crippen MR) is 75.8 cm³/mol. The maximum Gasteiger partial charge on any atom is 0.416 e. The number of anilines is 1. The predicted octanol–water partition coefficient (Wildman–Crippen LogP) is 4.04. The van der Waals surface area contributed by atoms with Crippen LogP contribution >= 0.6 is 15.9 Å². The summed E-state index contributed by atoms with van der Waals surface area (Å²) in [6.45, 7) is 2.43. The first-order chi connectivity index (χ1) is 8.71. The van der Waals surface area contributed by atoms with E-state index in [4.69, 9.17) is 0 Å². The van der Waals surface area contributed by atoms with Crippen molar-refractivity contribution in [3.63, 3.8) is 0 Å². The highest BCUT2D eigenvalue weighted by molar-refractivity contribution is 9.10. The topological polar surface area (TPSA) is 29.1 Å². The molecule has 0 radical (unpaired) electrons. The number of rotatable bonds is 5. The van der Waals surface area contributed by atoms with Crippen molar-refractivity contribution in [1.82, 2.24) is 0 Å². The fourth-order valence-electron chi connectivity index (χ4n) is 1.41. The Labute approximate surface area is 121 Å². The van der Waals surface area contributed by atoms with Gasteiger partial charge in [0.15, 0.2) is 0 Å². The molecule has 1 N–H and O–H groups in total. The molecule has 2 unspecified atom stereocenters. The van der Waals surface area contributed by atoms with Crippen LogP contribution in [0.25, 0.3) is 0 Å². The monoisotopic (exact) mass is 357 g/mol. The van der Waals surface area contributed by atoms with Gasteiger partial charge in [0.05, 0.1) is 5.56 Å². The number of hydrogen-bond donors (Lipinski definition) is 1. The van der Waals surface area contributed by atoms with Gasteiger partial charge in [-0.3, -0.25) is 4.21 Å². The van der Waals surface area contributed by atoms with Crippen LogP contribution in [0.15, 0.2) is 22.7 Å². The van der Waals surface area contributed by atoms with Gasteiger partial charge in [0.25, 0.3) is 0 Å².